The summed E-state index contributed by atoms with van der Waals surface area (Å²) in [4.78, 5) is 6.44. The smallest absolute Gasteiger partial charge is 0.406 e. The molecule has 8 nitrogen and oxygen atoms in total. The lowest BCUT2D eigenvalue weighted by atomic mass is 9.86. The van der Waals surface area contributed by atoms with Gasteiger partial charge < -0.3 is 15.3 Å². The summed E-state index contributed by atoms with van der Waals surface area (Å²) in [6.07, 6.45) is 3.71. The lowest BCUT2D eigenvalue weighted by molar-refractivity contribution is -0.199. The normalized spacial score (nSPS) is 26.6. The molecule has 3 aliphatic rings. The number of fused-ring (bicyclic) bond motifs is 2. The summed E-state index contributed by atoms with van der Waals surface area (Å²) in [7, 11) is 0. The van der Waals surface area contributed by atoms with Crippen molar-refractivity contribution in [2.45, 2.75) is 68.4 Å². The molecule has 6 rings (SSSR count). The zero-order chi connectivity index (χ0) is 23.5. The lowest BCUT2D eigenvalue weighted by Gasteiger charge is -2.44. The number of nitrogens with one attached hydrogen (secondary N) is 2. The largest absolute Gasteiger partial charge is 0.507 e. The molecule has 3 aromatic rings. The number of benzene rings is 1. The van der Waals surface area contributed by atoms with Gasteiger partial charge in [0.15, 0.2) is 0 Å². The van der Waals surface area contributed by atoms with Crippen LogP contribution in [0.15, 0.2) is 36.8 Å². The zero-order valence-corrected chi connectivity index (χ0v) is 18.3. The average Bonchev–Trinajstić information content (AvgIpc) is 3.36. The summed E-state index contributed by atoms with van der Waals surface area (Å²) in [5, 5.41) is 28.6. The first-order valence-corrected chi connectivity index (χ1v) is 11.5. The van der Waals surface area contributed by atoms with E-state index in [1.165, 1.54) is 6.20 Å². The van der Waals surface area contributed by atoms with E-state index in [2.05, 4.69) is 30.7 Å². The van der Waals surface area contributed by atoms with Gasteiger partial charge in [-0.1, -0.05) is 6.07 Å². The van der Waals surface area contributed by atoms with Crippen molar-refractivity contribution in [1.82, 2.24) is 30.7 Å². The Morgan fingerprint density at radius 1 is 1.06 bits per heavy atom. The topological polar surface area (TPSA) is 103 Å². The highest BCUT2D eigenvalue weighted by Crippen LogP contribution is 2.49. The van der Waals surface area contributed by atoms with Crippen molar-refractivity contribution >= 4 is 5.95 Å². The Kier molecular flexibility index (Phi) is 4.80. The van der Waals surface area contributed by atoms with E-state index in [1.54, 1.807) is 24.5 Å². The molecular weight excluding hydrogens is 447 g/mol. The first-order valence-electron chi connectivity index (χ1n) is 11.5. The quantitative estimate of drug-likeness (QED) is 0.520. The van der Waals surface area contributed by atoms with Crippen LogP contribution >= 0.6 is 0 Å². The van der Waals surface area contributed by atoms with E-state index in [9.17, 15) is 18.3 Å². The number of aromatic hydroxyl groups is 1. The molecule has 1 aromatic carbocycles. The minimum Gasteiger partial charge on any atom is -0.507 e. The van der Waals surface area contributed by atoms with E-state index < -0.39 is 11.7 Å². The Hall–Kier alpha value is -3.21. The minimum absolute atomic E-state index is 0.00905. The Morgan fingerprint density at radius 2 is 1.91 bits per heavy atom. The van der Waals surface area contributed by atoms with Crippen molar-refractivity contribution in [3.8, 4) is 28.1 Å². The second kappa shape index (κ2) is 7.66. The molecule has 34 heavy (non-hydrogen) atoms. The number of hydrogen-bond donors (Lipinski definition) is 3. The van der Waals surface area contributed by atoms with Crippen LogP contribution in [0.3, 0.4) is 0 Å². The number of anilines is 1. The van der Waals surface area contributed by atoms with Crippen molar-refractivity contribution in [3.05, 3.63) is 36.8 Å². The summed E-state index contributed by atoms with van der Waals surface area (Å²) in [6.45, 7) is 0. The van der Waals surface area contributed by atoms with E-state index in [1.807, 2.05) is 11.0 Å². The molecule has 3 atom stereocenters. The molecule has 178 valence electrons. The molecule has 2 aliphatic heterocycles. The first-order chi connectivity index (χ1) is 16.3. The summed E-state index contributed by atoms with van der Waals surface area (Å²) >= 11 is 0. The summed E-state index contributed by atoms with van der Waals surface area (Å²) in [5.74, 6) is 0.382. The number of aromatic nitrogens is 5. The molecule has 0 spiro atoms. The third kappa shape index (κ3) is 3.58. The average molecular weight is 471 g/mol. The zero-order valence-electron chi connectivity index (χ0n) is 18.3. The van der Waals surface area contributed by atoms with Crippen LogP contribution in [-0.2, 0) is 0 Å². The Morgan fingerprint density at radius 3 is 2.56 bits per heavy atom. The van der Waals surface area contributed by atoms with E-state index in [0.717, 1.165) is 24.0 Å². The van der Waals surface area contributed by atoms with Gasteiger partial charge in [-0.25, -0.2) is 4.98 Å². The molecule has 3 N–H and O–H groups in total. The Balaban J connectivity index is 1.26. The van der Waals surface area contributed by atoms with Gasteiger partial charge >= 0.3 is 6.18 Å². The fourth-order valence-electron chi connectivity index (χ4n) is 5.48. The van der Waals surface area contributed by atoms with Crippen LogP contribution < -0.4 is 10.2 Å². The fraction of sp³-hybridized carbons (Fsp3) is 0.478. The molecule has 0 amide bonds. The maximum atomic E-state index is 13.9. The van der Waals surface area contributed by atoms with Gasteiger partial charge in [0, 0.05) is 35.4 Å². The van der Waals surface area contributed by atoms with Gasteiger partial charge in [-0.15, -0.1) is 10.2 Å². The molecule has 0 radical (unpaired) electrons. The van der Waals surface area contributed by atoms with Gasteiger partial charge in [0.05, 0.1) is 12.4 Å². The molecule has 0 unspecified atom stereocenters. The second-order valence-electron chi connectivity index (χ2n) is 9.55. The Labute approximate surface area is 193 Å². The predicted octanol–water partition coefficient (Wildman–Crippen LogP) is 3.82. The third-order valence-corrected chi connectivity index (χ3v) is 7.30. The summed E-state index contributed by atoms with van der Waals surface area (Å²) in [5.41, 5.74) is 0.685. The number of piperidine rings is 1. The van der Waals surface area contributed by atoms with Gasteiger partial charge in [-0.2, -0.15) is 18.3 Å². The van der Waals surface area contributed by atoms with Crippen molar-refractivity contribution in [2.24, 2.45) is 0 Å². The van der Waals surface area contributed by atoms with Crippen LogP contribution in [-0.4, -0.2) is 60.3 Å². The van der Waals surface area contributed by atoms with Gasteiger partial charge in [-0.3, -0.25) is 5.10 Å². The summed E-state index contributed by atoms with van der Waals surface area (Å²) < 4.78 is 41.8. The Bertz CT molecular complexity index is 1180. The number of alkyl halides is 3. The van der Waals surface area contributed by atoms with Crippen LogP contribution in [0.5, 0.6) is 5.75 Å². The SMILES string of the molecule is Oc1cc(-c2cn[nH]c2)ccc1-c1cnc(N(C2CC2)[C@@H]2C[C@@H]3CC[C@@](C(F)(F)F)(C2)N3)nn1. The highest BCUT2D eigenvalue weighted by Gasteiger charge is 2.62. The van der Waals surface area contributed by atoms with E-state index >= 15 is 0 Å². The van der Waals surface area contributed by atoms with E-state index in [0.29, 0.717) is 30.0 Å². The molecule has 2 bridgehead atoms. The standard InChI is InChI=1S/C23H24F3N7O/c24-23(25,26)22-6-5-15(30-22)8-17(9-22)33(16-2-3-16)21-27-12-19(31-32-21)18-4-1-13(7-20(18)34)14-10-28-29-11-14/h1,4,7,10-12,15-17,30,34H,2-3,5-6,8-9H2,(H,28,29)/t15-,17+,22-/m0/s1. The maximum Gasteiger partial charge on any atom is 0.406 e. The lowest BCUT2D eigenvalue weighted by Crippen LogP contribution is -2.62. The molecule has 1 aliphatic carbocycles. The third-order valence-electron chi connectivity index (χ3n) is 7.30. The van der Waals surface area contributed by atoms with Crippen molar-refractivity contribution < 1.29 is 18.3 Å². The molecule has 4 heterocycles. The highest BCUT2D eigenvalue weighted by molar-refractivity contribution is 5.73. The van der Waals surface area contributed by atoms with Gasteiger partial charge in [0.1, 0.15) is 17.0 Å². The molecule has 2 aromatic heterocycles. The highest BCUT2D eigenvalue weighted by atomic mass is 19.4. The van der Waals surface area contributed by atoms with Crippen LogP contribution in [0.4, 0.5) is 19.1 Å². The number of phenols is 1. The number of phenolic OH excluding ortho intramolecular Hbond substituents is 1. The number of halogens is 3. The maximum absolute atomic E-state index is 13.9. The summed E-state index contributed by atoms with van der Waals surface area (Å²) in [6, 6.07) is 4.89. The van der Waals surface area contributed by atoms with E-state index in [4.69, 9.17) is 0 Å². The number of rotatable bonds is 5. The molecular formula is C23H24F3N7O. The van der Waals surface area contributed by atoms with Crippen molar-refractivity contribution in [3.63, 3.8) is 0 Å². The second-order valence-corrected chi connectivity index (χ2v) is 9.55. The predicted molar refractivity (Wildman–Crippen MR) is 118 cm³/mol. The van der Waals surface area contributed by atoms with Gasteiger partial charge in [0.25, 0.3) is 0 Å². The monoisotopic (exact) mass is 471 g/mol. The van der Waals surface area contributed by atoms with Crippen LogP contribution in [0.1, 0.15) is 38.5 Å². The molecule has 2 saturated heterocycles. The minimum atomic E-state index is -4.29. The number of hydrogen-bond acceptors (Lipinski definition) is 7. The molecule has 1 saturated carbocycles. The van der Waals surface area contributed by atoms with Gasteiger partial charge in [-0.05, 0) is 56.2 Å². The number of nitrogens with zero attached hydrogens (tertiary/aromatic N) is 5. The van der Waals surface area contributed by atoms with Crippen LogP contribution in [0, 0.1) is 0 Å². The fourth-order valence-corrected chi connectivity index (χ4v) is 5.48. The van der Waals surface area contributed by atoms with Crippen LogP contribution in [0.2, 0.25) is 0 Å². The first kappa shape index (κ1) is 21.3. The van der Waals surface area contributed by atoms with Gasteiger partial charge in [0.2, 0.25) is 5.95 Å². The number of H-pyrrole nitrogens is 1. The number of aromatic amines is 1. The molecule has 3 fully saturated rings. The molecule has 11 heteroatoms. The van der Waals surface area contributed by atoms with E-state index in [-0.39, 0.29) is 36.7 Å². The van der Waals surface area contributed by atoms with Crippen LogP contribution in [0.25, 0.3) is 22.4 Å². The van der Waals surface area contributed by atoms with Crippen molar-refractivity contribution in [1.29, 1.82) is 0 Å². The van der Waals surface area contributed by atoms with Crippen molar-refractivity contribution in [2.75, 3.05) is 4.90 Å².